The number of rotatable bonds is 6. The van der Waals surface area contributed by atoms with Crippen LogP contribution in [0.1, 0.15) is 21.8 Å². The van der Waals surface area contributed by atoms with Gasteiger partial charge in [-0.15, -0.1) is 0 Å². The number of H-pyrrole nitrogens is 1. The fourth-order valence-electron chi connectivity index (χ4n) is 3.41. The number of aryl methyl sites for hydroxylation is 2. The molecule has 5 aromatic rings. The molecule has 1 amide bonds. The van der Waals surface area contributed by atoms with Gasteiger partial charge < -0.3 is 20.0 Å². The maximum Gasteiger partial charge on any atom is 0.307 e. The molecule has 0 fully saturated rings. The van der Waals surface area contributed by atoms with Crippen molar-refractivity contribution in [1.82, 2.24) is 35.0 Å². The number of hydrogen-bond donors (Lipinski definition) is 3. The van der Waals surface area contributed by atoms with Gasteiger partial charge in [-0.2, -0.15) is 5.10 Å². The Hall–Kier alpha value is -4.47. The smallest absolute Gasteiger partial charge is 0.307 e. The van der Waals surface area contributed by atoms with Crippen LogP contribution in [0.15, 0.2) is 59.6 Å². The number of anilines is 2. The zero-order valence-electron chi connectivity index (χ0n) is 17.5. The van der Waals surface area contributed by atoms with Crippen LogP contribution >= 0.6 is 0 Å². The summed E-state index contributed by atoms with van der Waals surface area (Å²) in [7, 11) is 1.82. The minimum Gasteiger partial charge on any atom is -0.440 e. The normalized spacial score (nSPS) is 11.1. The van der Waals surface area contributed by atoms with E-state index in [2.05, 4.69) is 35.7 Å². The van der Waals surface area contributed by atoms with Crippen molar-refractivity contribution in [2.45, 2.75) is 13.5 Å². The number of carbonyl (C=O) groups excluding carboxylic acids is 1. The van der Waals surface area contributed by atoms with Crippen molar-refractivity contribution in [2.75, 3.05) is 5.32 Å². The van der Waals surface area contributed by atoms with E-state index in [9.17, 15) is 4.79 Å². The predicted molar refractivity (Wildman–Crippen MR) is 118 cm³/mol. The summed E-state index contributed by atoms with van der Waals surface area (Å²) >= 11 is 0. The number of aromatic amines is 1. The molecule has 0 aliphatic rings. The first-order chi connectivity index (χ1) is 15.6. The van der Waals surface area contributed by atoms with E-state index in [0.29, 0.717) is 23.9 Å². The first-order valence-electron chi connectivity index (χ1n) is 9.96. The van der Waals surface area contributed by atoms with Crippen molar-refractivity contribution < 1.29 is 9.21 Å². The number of carbonyl (C=O) groups is 1. The lowest BCUT2D eigenvalue weighted by Crippen LogP contribution is -2.23. The zero-order valence-corrected chi connectivity index (χ0v) is 17.5. The Morgan fingerprint density at radius 1 is 1.22 bits per heavy atom. The van der Waals surface area contributed by atoms with Gasteiger partial charge in [0.2, 0.25) is 5.95 Å². The van der Waals surface area contributed by atoms with Gasteiger partial charge in [0.05, 0.1) is 11.7 Å². The summed E-state index contributed by atoms with van der Waals surface area (Å²) in [5, 5.41) is 11.2. The predicted octanol–water partition coefficient (Wildman–Crippen LogP) is 3.33. The van der Waals surface area contributed by atoms with E-state index >= 15 is 0 Å². The van der Waals surface area contributed by atoms with E-state index in [1.807, 2.05) is 50.5 Å². The third-order valence-electron chi connectivity index (χ3n) is 5.09. The second-order valence-corrected chi connectivity index (χ2v) is 7.27. The molecule has 0 aliphatic carbocycles. The number of hydrogen-bond acceptors (Lipinski definition) is 7. The third kappa shape index (κ3) is 3.69. The number of amides is 1. The largest absolute Gasteiger partial charge is 0.440 e. The average molecular weight is 428 g/mol. The molecule has 10 heteroatoms. The van der Waals surface area contributed by atoms with Crippen LogP contribution in [0, 0.1) is 6.92 Å². The van der Waals surface area contributed by atoms with Gasteiger partial charge in [0.25, 0.3) is 5.89 Å². The van der Waals surface area contributed by atoms with E-state index in [1.165, 1.54) is 6.26 Å². The number of aromatic nitrogens is 6. The average Bonchev–Trinajstić information content (AvgIpc) is 3.55. The van der Waals surface area contributed by atoms with Crippen LogP contribution in [0.3, 0.4) is 0 Å². The summed E-state index contributed by atoms with van der Waals surface area (Å²) in [6, 6.07) is 9.73. The molecule has 160 valence electrons. The second-order valence-electron chi connectivity index (χ2n) is 7.27. The fraction of sp³-hybridized carbons (Fsp3) is 0.136. The van der Waals surface area contributed by atoms with Crippen molar-refractivity contribution in [1.29, 1.82) is 0 Å². The number of oxazole rings is 1. The Kier molecular flexibility index (Phi) is 4.86. The van der Waals surface area contributed by atoms with Crippen LogP contribution in [-0.4, -0.2) is 35.6 Å². The van der Waals surface area contributed by atoms with Crippen molar-refractivity contribution in [3.8, 4) is 11.4 Å². The molecule has 0 spiro atoms. The van der Waals surface area contributed by atoms with E-state index in [4.69, 9.17) is 4.42 Å². The highest BCUT2D eigenvalue weighted by Gasteiger charge is 2.17. The van der Waals surface area contributed by atoms with Crippen LogP contribution in [0.25, 0.3) is 22.3 Å². The third-order valence-corrected chi connectivity index (χ3v) is 5.09. The molecule has 10 nitrogen and oxygen atoms in total. The van der Waals surface area contributed by atoms with Gasteiger partial charge in [-0.3, -0.25) is 9.48 Å². The first-order valence-corrected chi connectivity index (χ1v) is 9.96. The Morgan fingerprint density at radius 2 is 2.12 bits per heavy atom. The van der Waals surface area contributed by atoms with Gasteiger partial charge in [0, 0.05) is 32.1 Å². The zero-order chi connectivity index (χ0) is 22.1. The molecule has 0 atom stereocenters. The summed E-state index contributed by atoms with van der Waals surface area (Å²) < 4.78 is 7.11. The molecule has 0 saturated carbocycles. The summed E-state index contributed by atoms with van der Waals surface area (Å²) in [6.45, 7) is 2.22. The molecule has 0 saturated heterocycles. The molecular weight excluding hydrogens is 408 g/mol. The van der Waals surface area contributed by atoms with Crippen molar-refractivity contribution in [2.24, 2.45) is 7.05 Å². The Labute approximate surface area is 182 Å². The second kappa shape index (κ2) is 7.99. The van der Waals surface area contributed by atoms with E-state index in [0.717, 1.165) is 27.8 Å². The molecule has 1 aromatic carbocycles. The first kappa shape index (κ1) is 19.5. The molecule has 0 aliphatic heterocycles. The minimum absolute atomic E-state index is 0.0298. The Balaban J connectivity index is 1.33. The standard InChI is InChI=1S/C22H20N8O2/c1-13-10-25-22(28-17-7-9-26-30(17)2)29-18(13)16-12-32-21(27-16)20(31)24-11-15-5-3-4-14-6-8-23-19(14)15/h3-10,12,23H,11H2,1-2H3,(H,24,31)(H,25,28,29). The summed E-state index contributed by atoms with van der Waals surface area (Å²) in [5.41, 5.74) is 3.80. The van der Waals surface area contributed by atoms with Gasteiger partial charge in [-0.05, 0) is 29.5 Å². The van der Waals surface area contributed by atoms with E-state index in [1.54, 1.807) is 17.1 Å². The van der Waals surface area contributed by atoms with Crippen LogP contribution in [-0.2, 0) is 13.6 Å². The maximum absolute atomic E-state index is 12.6. The van der Waals surface area contributed by atoms with Crippen LogP contribution in [0.4, 0.5) is 11.8 Å². The van der Waals surface area contributed by atoms with E-state index in [-0.39, 0.29) is 5.89 Å². The summed E-state index contributed by atoms with van der Waals surface area (Å²) in [6.07, 6.45) is 6.66. The van der Waals surface area contributed by atoms with Crippen molar-refractivity contribution in [3.05, 3.63) is 72.2 Å². The van der Waals surface area contributed by atoms with E-state index < -0.39 is 5.91 Å². The van der Waals surface area contributed by atoms with Gasteiger partial charge >= 0.3 is 5.91 Å². The van der Waals surface area contributed by atoms with Crippen LogP contribution in [0.2, 0.25) is 0 Å². The summed E-state index contributed by atoms with van der Waals surface area (Å²) in [5.74, 6) is 0.705. The monoisotopic (exact) mass is 428 g/mol. The summed E-state index contributed by atoms with van der Waals surface area (Å²) in [4.78, 5) is 29.0. The lowest BCUT2D eigenvalue weighted by atomic mass is 10.1. The number of para-hydroxylation sites is 1. The van der Waals surface area contributed by atoms with Gasteiger partial charge in [-0.25, -0.2) is 15.0 Å². The quantitative estimate of drug-likeness (QED) is 0.379. The highest BCUT2D eigenvalue weighted by atomic mass is 16.4. The molecule has 4 aromatic heterocycles. The molecule has 32 heavy (non-hydrogen) atoms. The molecular formula is C22H20N8O2. The molecule has 3 N–H and O–H groups in total. The molecule has 4 heterocycles. The Morgan fingerprint density at radius 3 is 2.97 bits per heavy atom. The SMILES string of the molecule is Cc1cnc(Nc2ccnn2C)nc1-c1coc(C(=O)NCc2cccc3cc[nH]c23)n1. The molecule has 0 unspecified atom stereocenters. The number of benzene rings is 1. The number of fused-ring (bicyclic) bond motifs is 1. The maximum atomic E-state index is 12.6. The number of nitrogens with one attached hydrogen (secondary N) is 3. The lowest BCUT2D eigenvalue weighted by Gasteiger charge is -2.07. The molecule has 0 radical (unpaired) electrons. The van der Waals surface area contributed by atoms with Crippen molar-refractivity contribution >= 4 is 28.6 Å². The van der Waals surface area contributed by atoms with Crippen LogP contribution < -0.4 is 10.6 Å². The van der Waals surface area contributed by atoms with Crippen molar-refractivity contribution in [3.63, 3.8) is 0 Å². The van der Waals surface area contributed by atoms with Gasteiger partial charge in [0.15, 0.2) is 0 Å². The minimum atomic E-state index is -0.403. The van der Waals surface area contributed by atoms with Gasteiger partial charge in [-0.1, -0.05) is 18.2 Å². The lowest BCUT2D eigenvalue weighted by molar-refractivity contribution is 0.0916. The van der Waals surface area contributed by atoms with Crippen LogP contribution in [0.5, 0.6) is 0 Å². The topological polar surface area (TPSA) is 127 Å². The highest BCUT2D eigenvalue weighted by molar-refractivity contribution is 5.90. The van der Waals surface area contributed by atoms with Gasteiger partial charge in [0.1, 0.15) is 23.5 Å². The number of nitrogens with zero attached hydrogens (tertiary/aromatic N) is 5. The molecule has 0 bridgehead atoms. The fourth-order valence-corrected chi connectivity index (χ4v) is 3.41. The Bertz CT molecular complexity index is 1410. The molecule has 5 rings (SSSR count). The highest BCUT2D eigenvalue weighted by Crippen LogP contribution is 2.23.